The van der Waals surface area contributed by atoms with Gasteiger partial charge in [0, 0.05) is 19.6 Å². The predicted molar refractivity (Wildman–Crippen MR) is 125 cm³/mol. The summed E-state index contributed by atoms with van der Waals surface area (Å²) in [6.45, 7) is 4.21. The molecule has 1 fully saturated rings. The highest BCUT2D eigenvalue weighted by Crippen LogP contribution is 2.30. The fraction of sp³-hybridized carbons (Fsp3) is 0.458. The second kappa shape index (κ2) is 10.1. The fourth-order valence-electron chi connectivity index (χ4n) is 4.02. The predicted octanol–water partition coefficient (Wildman–Crippen LogP) is 5.06. The number of thiazole rings is 1. The van der Waals surface area contributed by atoms with Crippen LogP contribution in [-0.2, 0) is 0 Å². The van der Waals surface area contributed by atoms with Crippen molar-refractivity contribution in [1.82, 2.24) is 9.88 Å². The number of aromatic nitrogens is 1. The van der Waals surface area contributed by atoms with E-state index in [1.165, 1.54) is 24.1 Å². The topological polar surface area (TPSA) is 37.8 Å². The molecule has 0 bridgehead atoms. The summed E-state index contributed by atoms with van der Waals surface area (Å²) in [7, 11) is 3.88. The highest BCUT2D eigenvalue weighted by atomic mass is 32.1. The number of benzene rings is 2. The molecule has 3 aromatic rings. The van der Waals surface area contributed by atoms with Crippen LogP contribution >= 0.6 is 11.3 Å². The summed E-state index contributed by atoms with van der Waals surface area (Å²) < 4.78 is 12.3. The number of fused-ring (bicyclic) bond motifs is 1. The number of anilines is 1. The third-order valence-electron chi connectivity index (χ3n) is 5.81. The molecule has 0 radical (unpaired) electrons. The van der Waals surface area contributed by atoms with Gasteiger partial charge in [0.15, 0.2) is 5.13 Å². The van der Waals surface area contributed by atoms with Gasteiger partial charge in [-0.3, -0.25) is 0 Å². The SMILES string of the molecule is COc1ccc(OCCCCN2CCCC(N(C)c3nc4ccccc4s3)C2)cc1. The van der Waals surface area contributed by atoms with E-state index in [0.29, 0.717) is 6.04 Å². The Hall–Kier alpha value is -2.31. The Kier molecular flexibility index (Phi) is 7.07. The summed E-state index contributed by atoms with van der Waals surface area (Å²) in [6.07, 6.45) is 4.72. The van der Waals surface area contributed by atoms with Crippen LogP contribution < -0.4 is 14.4 Å². The number of para-hydroxylation sites is 1. The first-order valence-electron chi connectivity index (χ1n) is 10.8. The van der Waals surface area contributed by atoms with Crippen LogP contribution in [0.15, 0.2) is 48.5 Å². The average Bonchev–Trinajstić information content (AvgIpc) is 3.23. The highest BCUT2D eigenvalue weighted by Gasteiger charge is 2.24. The summed E-state index contributed by atoms with van der Waals surface area (Å²) >= 11 is 1.80. The lowest BCUT2D eigenvalue weighted by Crippen LogP contribution is -2.46. The molecule has 4 rings (SSSR count). The van der Waals surface area contributed by atoms with Gasteiger partial charge in [-0.2, -0.15) is 0 Å². The van der Waals surface area contributed by atoms with Gasteiger partial charge in [0.05, 0.1) is 23.9 Å². The molecule has 1 aliphatic heterocycles. The van der Waals surface area contributed by atoms with E-state index in [0.717, 1.165) is 54.7 Å². The van der Waals surface area contributed by atoms with Gasteiger partial charge in [-0.05, 0) is 75.2 Å². The number of likely N-dealkylation sites (tertiary alicyclic amines) is 1. The minimum atomic E-state index is 0.537. The van der Waals surface area contributed by atoms with Crippen molar-refractivity contribution in [3.63, 3.8) is 0 Å². The molecule has 1 saturated heterocycles. The van der Waals surface area contributed by atoms with Crippen LogP contribution in [0, 0.1) is 0 Å². The van der Waals surface area contributed by atoms with Crippen molar-refractivity contribution in [2.24, 2.45) is 0 Å². The molecular formula is C24H31N3O2S. The van der Waals surface area contributed by atoms with E-state index in [1.807, 2.05) is 24.3 Å². The minimum absolute atomic E-state index is 0.537. The monoisotopic (exact) mass is 425 g/mol. The van der Waals surface area contributed by atoms with E-state index in [9.17, 15) is 0 Å². The van der Waals surface area contributed by atoms with E-state index >= 15 is 0 Å². The van der Waals surface area contributed by atoms with Crippen molar-refractivity contribution in [2.75, 3.05) is 45.3 Å². The van der Waals surface area contributed by atoms with Gasteiger partial charge in [-0.1, -0.05) is 23.5 Å². The number of nitrogens with zero attached hydrogens (tertiary/aromatic N) is 3. The average molecular weight is 426 g/mol. The normalized spacial score (nSPS) is 17.2. The molecule has 6 heteroatoms. The number of hydrogen-bond donors (Lipinski definition) is 0. The number of rotatable bonds is 9. The van der Waals surface area contributed by atoms with Crippen molar-refractivity contribution in [3.05, 3.63) is 48.5 Å². The summed E-state index contributed by atoms with van der Waals surface area (Å²) in [5.41, 5.74) is 1.11. The van der Waals surface area contributed by atoms with Crippen molar-refractivity contribution in [1.29, 1.82) is 0 Å². The Balaban J connectivity index is 1.20. The molecule has 5 nitrogen and oxygen atoms in total. The van der Waals surface area contributed by atoms with Crippen LogP contribution in [0.4, 0.5) is 5.13 Å². The molecule has 30 heavy (non-hydrogen) atoms. The number of hydrogen-bond acceptors (Lipinski definition) is 6. The van der Waals surface area contributed by atoms with Gasteiger partial charge >= 0.3 is 0 Å². The van der Waals surface area contributed by atoms with E-state index < -0.39 is 0 Å². The second-order valence-corrected chi connectivity index (χ2v) is 8.91. The molecule has 0 spiro atoms. The van der Waals surface area contributed by atoms with Crippen LogP contribution in [-0.4, -0.2) is 56.3 Å². The van der Waals surface area contributed by atoms with Crippen LogP contribution in [0.5, 0.6) is 11.5 Å². The van der Waals surface area contributed by atoms with Gasteiger partial charge < -0.3 is 19.3 Å². The van der Waals surface area contributed by atoms with Crippen LogP contribution in [0.25, 0.3) is 10.2 Å². The number of unbranched alkanes of at least 4 members (excludes halogenated alkanes) is 1. The summed E-state index contributed by atoms with van der Waals surface area (Å²) in [6, 6.07) is 16.7. The standard InChI is InChI=1S/C24H31N3O2S/c1-26(24-25-22-9-3-4-10-23(22)30-24)19-8-7-16-27(18-19)15-5-6-17-29-21-13-11-20(28-2)12-14-21/h3-4,9-14,19H,5-8,15-18H2,1-2H3. The molecule has 160 valence electrons. The molecule has 1 unspecified atom stereocenters. The Morgan fingerprint density at radius 2 is 1.90 bits per heavy atom. The van der Waals surface area contributed by atoms with Gasteiger partial charge in [-0.15, -0.1) is 0 Å². The molecule has 0 amide bonds. The van der Waals surface area contributed by atoms with E-state index in [4.69, 9.17) is 14.5 Å². The molecule has 1 aromatic heterocycles. The van der Waals surface area contributed by atoms with Crippen molar-refractivity contribution in [3.8, 4) is 11.5 Å². The zero-order chi connectivity index (χ0) is 20.8. The number of likely N-dealkylation sites (N-methyl/N-ethyl adjacent to an activating group) is 1. The quantitative estimate of drug-likeness (QED) is 0.448. The summed E-state index contributed by atoms with van der Waals surface area (Å²) in [4.78, 5) is 9.84. The molecule has 0 aliphatic carbocycles. The second-order valence-electron chi connectivity index (χ2n) is 7.90. The first kappa shape index (κ1) is 20.9. The number of ether oxygens (including phenoxy) is 2. The van der Waals surface area contributed by atoms with Crippen molar-refractivity contribution >= 4 is 26.7 Å². The van der Waals surface area contributed by atoms with E-state index in [2.05, 4.69) is 41.1 Å². The lowest BCUT2D eigenvalue weighted by atomic mass is 10.0. The maximum Gasteiger partial charge on any atom is 0.186 e. The molecule has 1 atom stereocenters. The third kappa shape index (κ3) is 5.24. The van der Waals surface area contributed by atoms with Gasteiger partial charge in [0.1, 0.15) is 11.5 Å². The molecule has 0 N–H and O–H groups in total. The van der Waals surface area contributed by atoms with Crippen LogP contribution in [0.2, 0.25) is 0 Å². The zero-order valence-corrected chi connectivity index (χ0v) is 18.7. The Labute approximate surface area is 183 Å². The molecular weight excluding hydrogens is 394 g/mol. The van der Waals surface area contributed by atoms with Gasteiger partial charge in [0.25, 0.3) is 0 Å². The maximum atomic E-state index is 5.85. The van der Waals surface area contributed by atoms with E-state index in [-0.39, 0.29) is 0 Å². The Morgan fingerprint density at radius 3 is 2.70 bits per heavy atom. The van der Waals surface area contributed by atoms with Gasteiger partial charge in [0.2, 0.25) is 0 Å². The molecule has 1 aliphatic rings. The third-order valence-corrected chi connectivity index (χ3v) is 6.94. The Morgan fingerprint density at radius 1 is 1.10 bits per heavy atom. The fourth-order valence-corrected chi connectivity index (χ4v) is 5.02. The maximum absolute atomic E-state index is 5.85. The summed E-state index contributed by atoms with van der Waals surface area (Å²) in [5, 5.41) is 1.14. The number of piperidine rings is 1. The van der Waals surface area contributed by atoms with E-state index in [1.54, 1.807) is 18.4 Å². The lowest BCUT2D eigenvalue weighted by Gasteiger charge is -2.37. The van der Waals surface area contributed by atoms with Crippen LogP contribution in [0.1, 0.15) is 25.7 Å². The van der Waals surface area contributed by atoms with Crippen LogP contribution in [0.3, 0.4) is 0 Å². The lowest BCUT2D eigenvalue weighted by molar-refractivity contribution is 0.197. The van der Waals surface area contributed by atoms with Crippen molar-refractivity contribution in [2.45, 2.75) is 31.7 Å². The first-order chi connectivity index (χ1) is 14.7. The smallest absolute Gasteiger partial charge is 0.186 e. The minimum Gasteiger partial charge on any atom is -0.497 e. The Bertz CT molecular complexity index is 895. The number of methoxy groups -OCH3 is 1. The summed E-state index contributed by atoms with van der Waals surface area (Å²) in [5.74, 6) is 1.77. The molecule has 2 aromatic carbocycles. The highest BCUT2D eigenvalue weighted by molar-refractivity contribution is 7.22. The van der Waals surface area contributed by atoms with Gasteiger partial charge in [-0.25, -0.2) is 4.98 Å². The molecule has 2 heterocycles. The zero-order valence-electron chi connectivity index (χ0n) is 17.9. The van der Waals surface area contributed by atoms with Crippen molar-refractivity contribution < 1.29 is 9.47 Å². The first-order valence-corrected chi connectivity index (χ1v) is 11.6. The molecule has 0 saturated carbocycles. The largest absolute Gasteiger partial charge is 0.497 e.